The quantitative estimate of drug-likeness (QED) is 0.790. The summed E-state index contributed by atoms with van der Waals surface area (Å²) in [5.74, 6) is 0.643. The van der Waals surface area contributed by atoms with Gasteiger partial charge >= 0.3 is 0 Å². The number of amides is 1. The lowest BCUT2D eigenvalue weighted by molar-refractivity contribution is 0.0722. The highest BCUT2D eigenvalue weighted by Gasteiger charge is 2.28. The molecule has 3 rings (SSSR count). The van der Waals surface area contributed by atoms with E-state index in [1.165, 1.54) is 12.0 Å². The fourth-order valence-electron chi connectivity index (χ4n) is 3.76. The molecule has 2 aromatic rings. The number of hydrogen-bond acceptors (Lipinski definition) is 2. The molecule has 0 N–H and O–H groups in total. The minimum Gasteiger partial charge on any atom is -0.339 e. The summed E-state index contributed by atoms with van der Waals surface area (Å²) < 4.78 is 1.99. The molecule has 1 aliphatic rings. The Kier molecular flexibility index (Phi) is 5.80. The van der Waals surface area contributed by atoms with Gasteiger partial charge in [0.2, 0.25) is 0 Å². The van der Waals surface area contributed by atoms with Crippen molar-refractivity contribution < 1.29 is 4.79 Å². The minimum atomic E-state index is 0.176. The molecule has 2 heterocycles. The van der Waals surface area contributed by atoms with E-state index in [9.17, 15) is 4.79 Å². The molecule has 4 nitrogen and oxygen atoms in total. The molecule has 0 bridgehead atoms. The molecular weight excluding hydrogens is 322 g/mol. The van der Waals surface area contributed by atoms with Crippen LogP contribution in [0, 0.1) is 12.8 Å². The number of likely N-dealkylation sites (tertiary alicyclic amines) is 1. The lowest BCUT2D eigenvalue weighted by atomic mass is 10.0. The van der Waals surface area contributed by atoms with Gasteiger partial charge in [0.25, 0.3) is 5.91 Å². The van der Waals surface area contributed by atoms with Crippen LogP contribution >= 0.6 is 0 Å². The molecule has 0 spiro atoms. The normalized spacial score (nSPS) is 14.9. The van der Waals surface area contributed by atoms with E-state index in [1.54, 1.807) is 0 Å². The van der Waals surface area contributed by atoms with Crippen LogP contribution in [-0.2, 0) is 12.8 Å². The second-order valence-corrected chi connectivity index (χ2v) is 7.82. The highest BCUT2D eigenvalue weighted by Crippen LogP contribution is 2.25. The van der Waals surface area contributed by atoms with Gasteiger partial charge in [-0.05, 0) is 57.1 Å². The first kappa shape index (κ1) is 18.7. The lowest BCUT2D eigenvalue weighted by Crippen LogP contribution is -2.36. The van der Waals surface area contributed by atoms with Gasteiger partial charge in [-0.15, -0.1) is 0 Å². The van der Waals surface area contributed by atoms with Gasteiger partial charge in [-0.25, -0.2) is 4.68 Å². The van der Waals surface area contributed by atoms with Gasteiger partial charge in [-0.3, -0.25) is 4.79 Å². The maximum absolute atomic E-state index is 13.4. The van der Waals surface area contributed by atoms with Crippen LogP contribution in [0.5, 0.6) is 0 Å². The van der Waals surface area contributed by atoms with Crippen molar-refractivity contribution in [1.82, 2.24) is 14.7 Å². The molecule has 1 saturated heterocycles. The molecule has 1 aromatic carbocycles. The van der Waals surface area contributed by atoms with Gasteiger partial charge in [-0.2, -0.15) is 5.10 Å². The van der Waals surface area contributed by atoms with Gasteiger partial charge in [0.15, 0.2) is 0 Å². The SMILES string of the molecule is CCc1c(C(=O)N2CCCCC2)c(CC(C)C)nn1-c1ccc(C)cc1. The number of aryl methyl sites for hydroxylation is 1. The van der Waals surface area contributed by atoms with Crippen LogP contribution in [0.3, 0.4) is 0 Å². The van der Waals surface area contributed by atoms with Crippen LogP contribution in [-0.4, -0.2) is 33.7 Å². The van der Waals surface area contributed by atoms with E-state index in [0.717, 1.165) is 61.4 Å². The molecule has 1 fully saturated rings. The number of aromatic nitrogens is 2. The Morgan fingerprint density at radius 3 is 2.35 bits per heavy atom. The van der Waals surface area contributed by atoms with Gasteiger partial charge in [0, 0.05) is 13.1 Å². The number of hydrogen-bond donors (Lipinski definition) is 0. The van der Waals surface area contributed by atoms with E-state index in [0.29, 0.717) is 5.92 Å². The van der Waals surface area contributed by atoms with Crippen LogP contribution in [0.25, 0.3) is 5.69 Å². The Morgan fingerprint density at radius 1 is 1.12 bits per heavy atom. The molecule has 0 atom stereocenters. The van der Waals surface area contributed by atoms with E-state index < -0.39 is 0 Å². The molecular formula is C22H31N3O. The van der Waals surface area contributed by atoms with Crippen LogP contribution in [0.15, 0.2) is 24.3 Å². The largest absolute Gasteiger partial charge is 0.339 e. The van der Waals surface area contributed by atoms with E-state index in [1.807, 2.05) is 9.58 Å². The summed E-state index contributed by atoms with van der Waals surface area (Å²) in [6.45, 7) is 10.3. The minimum absolute atomic E-state index is 0.176. The first-order chi connectivity index (χ1) is 12.5. The lowest BCUT2D eigenvalue weighted by Gasteiger charge is -2.27. The fourth-order valence-corrected chi connectivity index (χ4v) is 3.76. The Labute approximate surface area is 157 Å². The molecule has 0 unspecified atom stereocenters. The van der Waals surface area contributed by atoms with Crippen molar-refractivity contribution in [3.63, 3.8) is 0 Å². The zero-order valence-corrected chi connectivity index (χ0v) is 16.6. The van der Waals surface area contributed by atoms with E-state index in [-0.39, 0.29) is 5.91 Å². The molecule has 140 valence electrons. The van der Waals surface area contributed by atoms with Crippen LogP contribution in [0.4, 0.5) is 0 Å². The van der Waals surface area contributed by atoms with Gasteiger partial charge in [-0.1, -0.05) is 38.5 Å². The highest BCUT2D eigenvalue weighted by molar-refractivity contribution is 5.96. The summed E-state index contributed by atoms with van der Waals surface area (Å²) in [7, 11) is 0. The summed E-state index contributed by atoms with van der Waals surface area (Å²) in [5, 5.41) is 4.91. The number of carbonyl (C=O) groups is 1. The van der Waals surface area contributed by atoms with E-state index in [4.69, 9.17) is 5.10 Å². The second kappa shape index (κ2) is 8.07. The zero-order chi connectivity index (χ0) is 18.7. The average Bonchev–Trinajstić information content (AvgIpc) is 2.99. The first-order valence-corrected chi connectivity index (χ1v) is 9.98. The van der Waals surface area contributed by atoms with Crippen molar-refractivity contribution in [2.45, 2.75) is 59.8 Å². The van der Waals surface area contributed by atoms with Crippen molar-refractivity contribution in [3.05, 3.63) is 46.8 Å². The standard InChI is InChI=1S/C22H31N3O/c1-5-20-21(22(26)24-13-7-6-8-14-24)19(15-16(2)3)23-25(20)18-11-9-17(4)10-12-18/h9-12,16H,5-8,13-15H2,1-4H3. The monoisotopic (exact) mass is 353 g/mol. The average molecular weight is 354 g/mol. The van der Waals surface area contributed by atoms with Gasteiger partial charge < -0.3 is 4.90 Å². The molecule has 4 heteroatoms. The summed E-state index contributed by atoms with van der Waals surface area (Å²) >= 11 is 0. The van der Waals surface area contributed by atoms with E-state index in [2.05, 4.69) is 52.0 Å². The number of rotatable bonds is 5. The predicted octanol–water partition coefficient (Wildman–Crippen LogP) is 4.57. The number of nitrogens with zero attached hydrogens (tertiary/aromatic N) is 3. The van der Waals surface area contributed by atoms with Crippen molar-refractivity contribution in [2.75, 3.05) is 13.1 Å². The molecule has 0 radical (unpaired) electrons. The second-order valence-electron chi connectivity index (χ2n) is 7.82. The Balaban J connectivity index is 2.07. The predicted molar refractivity (Wildman–Crippen MR) is 106 cm³/mol. The van der Waals surface area contributed by atoms with Crippen molar-refractivity contribution in [1.29, 1.82) is 0 Å². The number of benzene rings is 1. The Hall–Kier alpha value is -2.10. The molecule has 1 amide bonds. The van der Waals surface area contributed by atoms with E-state index >= 15 is 0 Å². The summed E-state index contributed by atoms with van der Waals surface area (Å²) in [4.78, 5) is 15.4. The topological polar surface area (TPSA) is 38.1 Å². The third-order valence-corrected chi connectivity index (χ3v) is 5.13. The van der Waals surface area contributed by atoms with Crippen LogP contribution < -0.4 is 0 Å². The summed E-state index contributed by atoms with van der Waals surface area (Å²) in [6, 6.07) is 8.39. The molecule has 1 aliphatic heterocycles. The van der Waals surface area contributed by atoms with Crippen LogP contribution in [0.1, 0.15) is 67.3 Å². The highest BCUT2D eigenvalue weighted by atomic mass is 16.2. The maximum Gasteiger partial charge on any atom is 0.257 e. The number of carbonyl (C=O) groups excluding carboxylic acids is 1. The smallest absolute Gasteiger partial charge is 0.257 e. The zero-order valence-electron chi connectivity index (χ0n) is 16.6. The van der Waals surface area contributed by atoms with Crippen molar-refractivity contribution >= 4 is 5.91 Å². The van der Waals surface area contributed by atoms with Gasteiger partial charge in [0.1, 0.15) is 0 Å². The summed E-state index contributed by atoms with van der Waals surface area (Å²) in [5.41, 5.74) is 5.11. The van der Waals surface area contributed by atoms with Gasteiger partial charge in [0.05, 0.1) is 22.6 Å². The molecule has 1 aromatic heterocycles. The molecule has 26 heavy (non-hydrogen) atoms. The fraction of sp³-hybridized carbons (Fsp3) is 0.545. The Bertz CT molecular complexity index is 752. The van der Waals surface area contributed by atoms with Crippen LogP contribution in [0.2, 0.25) is 0 Å². The third-order valence-electron chi connectivity index (χ3n) is 5.13. The Morgan fingerprint density at radius 2 is 1.77 bits per heavy atom. The summed E-state index contributed by atoms with van der Waals surface area (Å²) in [6.07, 6.45) is 5.08. The van der Waals surface area contributed by atoms with Crippen molar-refractivity contribution in [3.8, 4) is 5.69 Å². The first-order valence-electron chi connectivity index (χ1n) is 9.98. The molecule has 0 saturated carbocycles. The number of piperidine rings is 1. The van der Waals surface area contributed by atoms with Crippen molar-refractivity contribution in [2.24, 2.45) is 5.92 Å². The third kappa shape index (κ3) is 3.84. The molecule has 0 aliphatic carbocycles. The maximum atomic E-state index is 13.4.